The average molecular weight is 285 g/mol. The van der Waals surface area contributed by atoms with Crippen molar-refractivity contribution >= 4 is 27.5 Å². The van der Waals surface area contributed by atoms with Crippen molar-refractivity contribution in [3.05, 3.63) is 28.2 Å². The van der Waals surface area contributed by atoms with E-state index in [0.717, 1.165) is 15.7 Å². The molecule has 16 heavy (non-hydrogen) atoms. The van der Waals surface area contributed by atoms with Gasteiger partial charge < -0.3 is 10.6 Å². The third-order valence-electron chi connectivity index (χ3n) is 2.07. The minimum atomic E-state index is -0.0294. The number of hydrogen-bond acceptors (Lipinski definition) is 2. The summed E-state index contributed by atoms with van der Waals surface area (Å²) in [4.78, 5) is 11.6. The van der Waals surface area contributed by atoms with Gasteiger partial charge in [-0.25, -0.2) is 0 Å². The zero-order valence-corrected chi connectivity index (χ0v) is 11.4. The van der Waals surface area contributed by atoms with Crippen LogP contribution in [0.3, 0.4) is 0 Å². The molecule has 0 aliphatic carbocycles. The average Bonchev–Trinajstić information content (AvgIpc) is 2.19. The van der Waals surface area contributed by atoms with Gasteiger partial charge in [0.25, 0.3) is 0 Å². The van der Waals surface area contributed by atoms with Gasteiger partial charge in [-0.1, -0.05) is 19.9 Å². The molecule has 0 fully saturated rings. The third-order valence-corrected chi connectivity index (χ3v) is 2.73. The highest BCUT2D eigenvalue weighted by molar-refractivity contribution is 9.10. The monoisotopic (exact) mass is 284 g/mol. The zero-order chi connectivity index (χ0) is 12.1. The van der Waals surface area contributed by atoms with E-state index in [1.807, 2.05) is 39.0 Å². The lowest BCUT2D eigenvalue weighted by atomic mass is 10.2. The third kappa shape index (κ3) is 4.33. The van der Waals surface area contributed by atoms with E-state index in [9.17, 15) is 4.79 Å². The smallest absolute Gasteiger partial charge is 0.238 e. The number of nitrogens with one attached hydrogen (secondary N) is 2. The highest BCUT2D eigenvalue weighted by Crippen LogP contribution is 2.23. The minimum Gasteiger partial charge on any atom is -0.324 e. The summed E-state index contributed by atoms with van der Waals surface area (Å²) in [5.41, 5.74) is 1.96. The van der Waals surface area contributed by atoms with E-state index >= 15 is 0 Å². The van der Waals surface area contributed by atoms with Crippen molar-refractivity contribution in [2.75, 3.05) is 11.9 Å². The van der Waals surface area contributed by atoms with Crippen LogP contribution < -0.4 is 10.6 Å². The van der Waals surface area contributed by atoms with Crippen LogP contribution in [0.2, 0.25) is 0 Å². The molecule has 0 aliphatic rings. The molecule has 0 saturated heterocycles. The first-order chi connectivity index (χ1) is 7.49. The molecule has 0 aromatic heterocycles. The Morgan fingerprint density at radius 3 is 2.69 bits per heavy atom. The first-order valence-electron chi connectivity index (χ1n) is 5.28. The van der Waals surface area contributed by atoms with Crippen LogP contribution in [0.1, 0.15) is 19.4 Å². The van der Waals surface area contributed by atoms with Gasteiger partial charge in [0, 0.05) is 10.5 Å². The first-order valence-corrected chi connectivity index (χ1v) is 6.07. The summed E-state index contributed by atoms with van der Waals surface area (Å²) >= 11 is 3.42. The fraction of sp³-hybridized carbons (Fsp3) is 0.417. The van der Waals surface area contributed by atoms with Crippen molar-refractivity contribution in [2.24, 2.45) is 0 Å². The lowest BCUT2D eigenvalue weighted by Crippen LogP contribution is -2.32. The molecule has 88 valence electrons. The van der Waals surface area contributed by atoms with Gasteiger partial charge in [0.15, 0.2) is 0 Å². The molecule has 0 atom stereocenters. The lowest BCUT2D eigenvalue weighted by Gasteiger charge is -2.10. The Labute approximate surface area is 105 Å². The molecule has 0 radical (unpaired) electrons. The van der Waals surface area contributed by atoms with Crippen LogP contribution in [0.25, 0.3) is 0 Å². The number of carbonyl (C=O) groups is 1. The van der Waals surface area contributed by atoms with E-state index in [-0.39, 0.29) is 5.91 Å². The molecule has 1 aromatic rings. The van der Waals surface area contributed by atoms with Gasteiger partial charge in [0.2, 0.25) is 5.91 Å². The fourth-order valence-corrected chi connectivity index (χ4v) is 1.81. The highest BCUT2D eigenvalue weighted by atomic mass is 79.9. The maximum atomic E-state index is 11.6. The van der Waals surface area contributed by atoms with E-state index in [0.29, 0.717) is 12.6 Å². The quantitative estimate of drug-likeness (QED) is 0.893. The number of rotatable bonds is 4. The SMILES string of the molecule is Cc1ccc(NC(=O)CNC(C)C)c(Br)c1. The van der Waals surface area contributed by atoms with Crippen molar-refractivity contribution in [1.29, 1.82) is 0 Å². The molecule has 2 N–H and O–H groups in total. The van der Waals surface area contributed by atoms with Crippen LogP contribution in [-0.2, 0) is 4.79 Å². The van der Waals surface area contributed by atoms with E-state index in [1.165, 1.54) is 0 Å². The van der Waals surface area contributed by atoms with Crippen LogP contribution >= 0.6 is 15.9 Å². The number of benzene rings is 1. The van der Waals surface area contributed by atoms with Crippen LogP contribution in [-0.4, -0.2) is 18.5 Å². The van der Waals surface area contributed by atoms with Crippen LogP contribution in [0.4, 0.5) is 5.69 Å². The van der Waals surface area contributed by atoms with Crippen molar-refractivity contribution in [3.8, 4) is 0 Å². The predicted octanol–water partition coefficient (Wildman–Crippen LogP) is 2.69. The van der Waals surface area contributed by atoms with Gasteiger partial charge in [0.1, 0.15) is 0 Å². The summed E-state index contributed by atoms with van der Waals surface area (Å²) in [6.07, 6.45) is 0. The molecule has 4 heteroatoms. The topological polar surface area (TPSA) is 41.1 Å². The largest absolute Gasteiger partial charge is 0.324 e. The Kier molecular flexibility index (Phi) is 4.96. The van der Waals surface area contributed by atoms with Gasteiger partial charge in [-0.3, -0.25) is 4.79 Å². The second-order valence-electron chi connectivity index (χ2n) is 4.07. The van der Waals surface area contributed by atoms with Crippen LogP contribution in [0.15, 0.2) is 22.7 Å². The number of amides is 1. The summed E-state index contributed by atoms with van der Waals surface area (Å²) in [5.74, 6) is -0.0294. The normalized spacial score (nSPS) is 10.6. The van der Waals surface area contributed by atoms with E-state index < -0.39 is 0 Å². The van der Waals surface area contributed by atoms with E-state index in [1.54, 1.807) is 0 Å². The Hall–Kier alpha value is -0.870. The van der Waals surface area contributed by atoms with Crippen molar-refractivity contribution in [1.82, 2.24) is 5.32 Å². The molecule has 1 amide bonds. The van der Waals surface area contributed by atoms with E-state index in [2.05, 4.69) is 26.6 Å². The molecule has 0 unspecified atom stereocenters. The van der Waals surface area contributed by atoms with Gasteiger partial charge in [0.05, 0.1) is 12.2 Å². The summed E-state index contributed by atoms with van der Waals surface area (Å²) in [6.45, 7) is 6.36. The van der Waals surface area contributed by atoms with Crippen molar-refractivity contribution in [2.45, 2.75) is 26.8 Å². The Balaban J connectivity index is 2.56. The molecule has 1 aromatic carbocycles. The molecule has 0 saturated carbocycles. The van der Waals surface area contributed by atoms with Gasteiger partial charge in [-0.15, -0.1) is 0 Å². The van der Waals surface area contributed by atoms with Crippen LogP contribution in [0, 0.1) is 6.92 Å². The van der Waals surface area contributed by atoms with Crippen LogP contribution in [0.5, 0.6) is 0 Å². The molecule has 0 spiro atoms. The van der Waals surface area contributed by atoms with E-state index in [4.69, 9.17) is 0 Å². The maximum absolute atomic E-state index is 11.6. The number of carbonyl (C=O) groups excluding carboxylic acids is 1. The second kappa shape index (κ2) is 6.01. The molecule has 0 heterocycles. The number of hydrogen-bond donors (Lipinski definition) is 2. The number of anilines is 1. The first kappa shape index (κ1) is 13.2. The zero-order valence-electron chi connectivity index (χ0n) is 9.80. The standard InChI is InChI=1S/C12H17BrN2O/c1-8(2)14-7-12(16)15-11-5-4-9(3)6-10(11)13/h4-6,8,14H,7H2,1-3H3,(H,15,16). The molecular formula is C12H17BrN2O. The highest BCUT2D eigenvalue weighted by Gasteiger charge is 2.05. The Morgan fingerprint density at radius 1 is 1.44 bits per heavy atom. The second-order valence-corrected chi connectivity index (χ2v) is 4.92. The molecule has 0 aliphatic heterocycles. The number of halogens is 1. The number of aryl methyl sites for hydroxylation is 1. The Bertz CT molecular complexity index is 377. The van der Waals surface area contributed by atoms with Gasteiger partial charge in [-0.05, 0) is 40.5 Å². The van der Waals surface area contributed by atoms with Crippen molar-refractivity contribution in [3.63, 3.8) is 0 Å². The summed E-state index contributed by atoms with van der Waals surface area (Å²) in [7, 11) is 0. The fourth-order valence-electron chi connectivity index (χ4n) is 1.21. The summed E-state index contributed by atoms with van der Waals surface area (Å²) in [6, 6.07) is 6.15. The molecule has 3 nitrogen and oxygen atoms in total. The minimum absolute atomic E-state index is 0.0294. The van der Waals surface area contributed by atoms with Crippen molar-refractivity contribution < 1.29 is 4.79 Å². The lowest BCUT2D eigenvalue weighted by molar-refractivity contribution is -0.115. The predicted molar refractivity (Wildman–Crippen MR) is 70.6 cm³/mol. The summed E-state index contributed by atoms with van der Waals surface area (Å²) < 4.78 is 0.908. The maximum Gasteiger partial charge on any atom is 0.238 e. The Morgan fingerprint density at radius 2 is 2.12 bits per heavy atom. The van der Waals surface area contributed by atoms with Gasteiger partial charge >= 0.3 is 0 Å². The molecular weight excluding hydrogens is 268 g/mol. The molecule has 1 rings (SSSR count). The molecule has 0 bridgehead atoms. The van der Waals surface area contributed by atoms with Gasteiger partial charge in [-0.2, -0.15) is 0 Å². The summed E-state index contributed by atoms with van der Waals surface area (Å²) in [5, 5.41) is 5.91.